The molecule has 1 saturated heterocycles. The van der Waals surface area contributed by atoms with Gasteiger partial charge in [-0.25, -0.2) is 9.59 Å². The lowest BCUT2D eigenvalue weighted by Crippen LogP contribution is -2.52. The Morgan fingerprint density at radius 2 is 1.68 bits per heavy atom. The van der Waals surface area contributed by atoms with E-state index in [2.05, 4.69) is 15.5 Å². The molecule has 1 aromatic carbocycles. The zero-order valence-corrected chi connectivity index (χ0v) is 18.0. The molecule has 3 rings (SSSR count). The summed E-state index contributed by atoms with van der Waals surface area (Å²) in [7, 11) is 3.08. The number of ether oxygens (including phenoxy) is 3. The number of amides is 3. The van der Waals surface area contributed by atoms with Crippen molar-refractivity contribution in [1.82, 2.24) is 20.4 Å². The van der Waals surface area contributed by atoms with Crippen LogP contribution in [0.4, 0.5) is 4.79 Å². The van der Waals surface area contributed by atoms with E-state index >= 15 is 0 Å². The number of nitrogens with one attached hydrogen (secondary N) is 2. The molecule has 10 heteroatoms. The molecule has 0 bridgehead atoms. The van der Waals surface area contributed by atoms with Crippen LogP contribution in [0.15, 0.2) is 29.5 Å². The Kier molecular flexibility index (Phi) is 7.35. The summed E-state index contributed by atoms with van der Waals surface area (Å²) in [5.41, 5.74) is 1.46. The summed E-state index contributed by atoms with van der Waals surface area (Å²) in [6, 6.07) is 4.76. The quantitative estimate of drug-likeness (QED) is 0.607. The molecule has 0 radical (unpaired) electrons. The monoisotopic (exact) mass is 432 g/mol. The summed E-state index contributed by atoms with van der Waals surface area (Å²) < 4.78 is 15.6. The van der Waals surface area contributed by atoms with E-state index in [-0.39, 0.29) is 25.1 Å². The molecular weight excluding hydrogens is 404 g/mol. The Labute approximate surface area is 181 Å². The molecule has 0 aromatic heterocycles. The minimum absolute atomic E-state index is 0.0987. The number of nitrogens with zero attached hydrogens (tertiary/aromatic N) is 2. The van der Waals surface area contributed by atoms with Crippen LogP contribution in [0.5, 0.6) is 11.5 Å². The topological polar surface area (TPSA) is 109 Å². The maximum atomic E-state index is 12.9. The van der Waals surface area contributed by atoms with Crippen molar-refractivity contribution >= 4 is 17.9 Å². The number of carbonyl (C=O) groups excluding carboxylic acids is 3. The van der Waals surface area contributed by atoms with Crippen LogP contribution in [-0.2, 0) is 9.53 Å². The number of urea groups is 1. The van der Waals surface area contributed by atoms with E-state index in [1.165, 1.54) is 0 Å². The number of piperazine rings is 1. The van der Waals surface area contributed by atoms with Crippen molar-refractivity contribution in [3.63, 3.8) is 0 Å². The van der Waals surface area contributed by atoms with Crippen LogP contribution in [0.1, 0.15) is 17.3 Å². The fourth-order valence-electron chi connectivity index (χ4n) is 3.53. The SMILES string of the molecule is CCOC(=O)C1=C(CN2CCN(C(=O)c3cc(OC)cc(OC)c3)CC2)NC(=O)NC1. The van der Waals surface area contributed by atoms with Gasteiger partial charge in [0.1, 0.15) is 11.5 Å². The van der Waals surface area contributed by atoms with Crippen molar-refractivity contribution in [3.8, 4) is 11.5 Å². The molecule has 31 heavy (non-hydrogen) atoms. The van der Waals surface area contributed by atoms with Gasteiger partial charge in [0.15, 0.2) is 0 Å². The van der Waals surface area contributed by atoms with Crippen LogP contribution in [0.3, 0.4) is 0 Å². The van der Waals surface area contributed by atoms with Crippen molar-refractivity contribution < 1.29 is 28.6 Å². The van der Waals surface area contributed by atoms with Crippen molar-refractivity contribution in [1.29, 1.82) is 0 Å². The number of hydrogen-bond donors (Lipinski definition) is 2. The van der Waals surface area contributed by atoms with Gasteiger partial charge in [-0.3, -0.25) is 9.69 Å². The zero-order valence-electron chi connectivity index (χ0n) is 18.0. The summed E-state index contributed by atoms with van der Waals surface area (Å²) in [6.45, 7) is 4.79. The minimum atomic E-state index is -0.439. The van der Waals surface area contributed by atoms with Crippen molar-refractivity contribution in [2.75, 3.05) is 60.1 Å². The van der Waals surface area contributed by atoms with Crippen LogP contribution in [0.25, 0.3) is 0 Å². The Hall–Kier alpha value is -3.27. The number of carbonyl (C=O) groups is 3. The number of hydrogen-bond acceptors (Lipinski definition) is 7. The second-order valence-electron chi connectivity index (χ2n) is 7.15. The Balaban J connectivity index is 1.64. The highest BCUT2D eigenvalue weighted by Gasteiger charge is 2.28. The van der Waals surface area contributed by atoms with Crippen LogP contribution in [0.2, 0.25) is 0 Å². The summed E-state index contributed by atoms with van der Waals surface area (Å²) in [5.74, 6) is 0.576. The number of rotatable bonds is 7. The first-order valence-corrected chi connectivity index (χ1v) is 10.1. The molecular formula is C21H28N4O6. The molecule has 0 spiro atoms. The highest BCUT2D eigenvalue weighted by atomic mass is 16.5. The molecule has 2 aliphatic rings. The second kappa shape index (κ2) is 10.2. The van der Waals surface area contributed by atoms with E-state index < -0.39 is 5.97 Å². The molecule has 2 N–H and O–H groups in total. The third-order valence-corrected chi connectivity index (χ3v) is 5.22. The Morgan fingerprint density at radius 1 is 1.03 bits per heavy atom. The molecule has 2 heterocycles. The Morgan fingerprint density at radius 3 is 2.26 bits per heavy atom. The van der Waals surface area contributed by atoms with E-state index in [0.717, 1.165) is 0 Å². The van der Waals surface area contributed by atoms with Crippen LogP contribution < -0.4 is 20.1 Å². The highest BCUT2D eigenvalue weighted by Crippen LogP contribution is 2.24. The molecule has 0 unspecified atom stereocenters. The second-order valence-corrected chi connectivity index (χ2v) is 7.15. The van der Waals surface area contributed by atoms with Gasteiger partial charge in [-0.1, -0.05) is 0 Å². The smallest absolute Gasteiger partial charge is 0.337 e. The van der Waals surface area contributed by atoms with Gasteiger partial charge in [0.25, 0.3) is 5.91 Å². The third-order valence-electron chi connectivity index (χ3n) is 5.22. The fourth-order valence-corrected chi connectivity index (χ4v) is 3.53. The van der Waals surface area contributed by atoms with Gasteiger partial charge in [-0.05, 0) is 19.1 Å². The fraction of sp³-hybridized carbons (Fsp3) is 0.476. The van der Waals surface area contributed by atoms with Gasteiger partial charge in [0, 0.05) is 50.1 Å². The summed E-state index contributed by atoms with van der Waals surface area (Å²) >= 11 is 0. The lowest BCUT2D eigenvalue weighted by molar-refractivity contribution is -0.138. The normalized spacial score (nSPS) is 17.0. The minimum Gasteiger partial charge on any atom is -0.497 e. The van der Waals surface area contributed by atoms with E-state index in [9.17, 15) is 14.4 Å². The van der Waals surface area contributed by atoms with Crippen LogP contribution >= 0.6 is 0 Å². The third kappa shape index (κ3) is 5.46. The molecule has 10 nitrogen and oxygen atoms in total. The molecule has 0 saturated carbocycles. The zero-order chi connectivity index (χ0) is 22.4. The molecule has 1 aromatic rings. The van der Waals surface area contributed by atoms with Gasteiger partial charge in [0.2, 0.25) is 0 Å². The highest BCUT2D eigenvalue weighted by molar-refractivity contribution is 5.95. The summed E-state index contributed by atoms with van der Waals surface area (Å²) in [4.78, 5) is 40.8. The largest absolute Gasteiger partial charge is 0.497 e. The van der Waals surface area contributed by atoms with E-state index in [1.807, 2.05) is 0 Å². The molecule has 0 aliphatic carbocycles. The molecule has 0 atom stereocenters. The predicted octanol–water partition coefficient (Wildman–Crippen LogP) is 0.592. The van der Waals surface area contributed by atoms with E-state index in [0.29, 0.717) is 61.1 Å². The first kappa shape index (κ1) is 22.4. The van der Waals surface area contributed by atoms with Crippen LogP contribution in [-0.4, -0.2) is 87.8 Å². The average Bonchev–Trinajstić information content (AvgIpc) is 2.79. The molecule has 3 amide bonds. The summed E-state index contributed by atoms with van der Waals surface area (Å²) in [5, 5.41) is 5.31. The number of benzene rings is 1. The predicted molar refractivity (Wildman–Crippen MR) is 112 cm³/mol. The van der Waals surface area contributed by atoms with Gasteiger partial charge < -0.3 is 29.7 Å². The van der Waals surface area contributed by atoms with Crippen LogP contribution in [0, 0.1) is 0 Å². The van der Waals surface area contributed by atoms with Crippen molar-refractivity contribution in [3.05, 3.63) is 35.0 Å². The van der Waals surface area contributed by atoms with Gasteiger partial charge in [-0.15, -0.1) is 0 Å². The standard InChI is InChI=1S/C21H28N4O6/c1-4-31-20(27)17-12-22-21(28)23-18(17)13-24-5-7-25(8-6-24)19(26)14-9-15(29-2)11-16(10-14)30-3/h9-11H,4-8,12-13H2,1-3H3,(H2,22,23,28). The Bertz CT molecular complexity index is 854. The maximum Gasteiger partial charge on any atom is 0.337 e. The maximum absolute atomic E-state index is 12.9. The number of esters is 1. The van der Waals surface area contributed by atoms with Crippen molar-refractivity contribution in [2.24, 2.45) is 0 Å². The van der Waals surface area contributed by atoms with Crippen molar-refractivity contribution in [2.45, 2.75) is 6.92 Å². The van der Waals surface area contributed by atoms with Gasteiger partial charge >= 0.3 is 12.0 Å². The molecule has 1 fully saturated rings. The summed E-state index contributed by atoms with van der Waals surface area (Å²) in [6.07, 6.45) is 0. The molecule has 2 aliphatic heterocycles. The van der Waals surface area contributed by atoms with E-state index in [1.54, 1.807) is 44.2 Å². The molecule has 168 valence electrons. The van der Waals surface area contributed by atoms with E-state index in [4.69, 9.17) is 14.2 Å². The van der Waals surface area contributed by atoms with Gasteiger partial charge in [-0.2, -0.15) is 0 Å². The lowest BCUT2D eigenvalue weighted by atomic mass is 10.1. The average molecular weight is 432 g/mol. The first-order valence-electron chi connectivity index (χ1n) is 10.1. The van der Waals surface area contributed by atoms with Gasteiger partial charge in [0.05, 0.1) is 32.9 Å². The number of methoxy groups -OCH3 is 2. The lowest BCUT2D eigenvalue weighted by Gasteiger charge is -2.36. The first-order chi connectivity index (χ1) is 14.9.